The average Bonchev–Trinajstić information content (AvgIpc) is 3.11. The highest BCUT2D eigenvalue weighted by atomic mass is 32.2. The molecule has 1 saturated heterocycles. The summed E-state index contributed by atoms with van der Waals surface area (Å²) in [5, 5.41) is 2.65. The minimum Gasteiger partial charge on any atom is -0.462 e. The number of rotatable bonds is 9. The SMILES string of the molecule is CCCCOC(=O)c1ccc(NC(=O)c2cccc(S(=O)(=O)N[C@@H]3CCS(=O)(=O)C3)c2)cc1. The van der Waals surface area contributed by atoms with Crippen LogP contribution in [0.25, 0.3) is 0 Å². The van der Waals surface area contributed by atoms with Gasteiger partial charge in [0.05, 0.1) is 28.6 Å². The first-order valence-electron chi connectivity index (χ1n) is 10.5. The number of sulfone groups is 1. The van der Waals surface area contributed by atoms with Crippen LogP contribution in [-0.2, 0) is 24.6 Å². The van der Waals surface area contributed by atoms with E-state index in [1.54, 1.807) is 12.1 Å². The molecule has 1 aliphatic rings. The molecule has 0 aliphatic carbocycles. The number of anilines is 1. The van der Waals surface area contributed by atoms with Crippen molar-refractivity contribution >= 4 is 37.4 Å². The Kier molecular flexibility index (Phi) is 7.88. The van der Waals surface area contributed by atoms with Crippen LogP contribution < -0.4 is 10.0 Å². The normalized spacial score (nSPS) is 17.4. The van der Waals surface area contributed by atoms with Gasteiger partial charge in [-0.25, -0.2) is 26.4 Å². The number of carbonyl (C=O) groups is 2. The topological polar surface area (TPSA) is 136 Å². The molecule has 11 heteroatoms. The van der Waals surface area contributed by atoms with Gasteiger partial charge in [0.2, 0.25) is 10.0 Å². The molecule has 1 atom stereocenters. The Morgan fingerprint density at radius 1 is 1.09 bits per heavy atom. The number of sulfonamides is 1. The lowest BCUT2D eigenvalue weighted by atomic mass is 10.2. The summed E-state index contributed by atoms with van der Waals surface area (Å²) in [7, 11) is -7.23. The molecule has 3 rings (SSSR count). The van der Waals surface area contributed by atoms with Crippen LogP contribution in [0.2, 0.25) is 0 Å². The van der Waals surface area contributed by atoms with E-state index in [0.717, 1.165) is 12.8 Å². The molecule has 1 fully saturated rings. The van der Waals surface area contributed by atoms with Crippen molar-refractivity contribution in [2.75, 3.05) is 23.4 Å². The summed E-state index contributed by atoms with van der Waals surface area (Å²) in [6, 6.07) is 10.9. The molecule has 2 aromatic carbocycles. The van der Waals surface area contributed by atoms with Crippen molar-refractivity contribution in [2.45, 2.75) is 37.1 Å². The van der Waals surface area contributed by atoms with Crippen molar-refractivity contribution in [3.05, 3.63) is 59.7 Å². The Balaban J connectivity index is 1.65. The summed E-state index contributed by atoms with van der Waals surface area (Å²) in [5.74, 6) is -1.28. The number of carbonyl (C=O) groups excluding carboxylic acids is 2. The van der Waals surface area contributed by atoms with Crippen molar-refractivity contribution in [3.8, 4) is 0 Å². The predicted molar refractivity (Wildman–Crippen MR) is 123 cm³/mol. The number of esters is 1. The molecule has 9 nitrogen and oxygen atoms in total. The van der Waals surface area contributed by atoms with Crippen LogP contribution in [0.15, 0.2) is 53.4 Å². The lowest BCUT2D eigenvalue weighted by Crippen LogP contribution is -2.35. The molecule has 0 aromatic heterocycles. The second-order valence-electron chi connectivity index (χ2n) is 7.77. The Bertz CT molecular complexity index is 1220. The predicted octanol–water partition coefficient (Wildman–Crippen LogP) is 2.36. The number of ether oxygens (including phenoxy) is 1. The Labute approximate surface area is 193 Å². The summed E-state index contributed by atoms with van der Waals surface area (Å²) < 4.78 is 56.0. The minimum atomic E-state index is -3.99. The molecule has 1 amide bonds. The Hall–Kier alpha value is -2.76. The number of hydrogen-bond acceptors (Lipinski definition) is 7. The van der Waals surface area contributed by atoms with E-state index in [1.165, 1.54) is 36.4 Å². The van der Waals surface area contributed by atoms with Gasteiger partial charge in [0.25, 0.3) is 5.91 Å². The molecule has 0 spiro atoms. The zero-order chi connectivity index (χ0) is 24.1. The zero-order valence-corrected chi connectivity index (χ0v) is 19.7. The van der Waals surface area contributed by atoms with Gasteiger partial charge in [-0.05, 0) is 55.3 Å². The van der Waals surface area contributed by atoms with Crippen LogP contribution in [0.4, 0.5) is 5.69 Å². The van der Waals surface area contributed by atoms with Crippen LogP contribution in [0, 0.1) is 0 Å². The van der Waals surface area contributed by atoms with Crippen molar-refractivity contribution in [1.29, 1.82) is 0 Å². The molecule has 2 N–H and O–H groups in total. The molecule has 0 saturated carbocycles. The van der Waals surface area contributed by atoms with Gasteiger partial charge in [0.1, 0.15) is 0 Å². The fourth-order valence-corrected chi connectivity index (χ4v) is 6.36. The number of hydrogen-bond donors (Lipinski definition) is 2. The number of unbranched alkanes of at least 4 members (excludes halogenated alkanes) is 1. The van der Waals surface area contributed by atoms with Crippen LogP contribution >= 0.6 is 0 Å². The van der Waals surface area contributed by atoms with E-state index in [4.69, 9.17) is 4.74 Å². The fourth-order valence-electron chi connectivity index (χ4n) is 3.27. The minimum absolute atomic E-state index is 0.0577. The lowest BCUT2D eigenvalue weighted by molar-refractivity contribution is 0.0499. The monoisotopic (exact) mass is 494 g/mol. The molecule has 1 heterocycles. The second kappa shape index (κ2) is 10.4. The summed E-state index contributed by atoms with van der Waals surface area (Å²) >= 11 is 0. The average molecular weight is 495 g/mol. The molecular weight excluding hydrogens is 468 g/mol. The summed E-state index contributed by atoms with van der Waals surface area (Å²) in [6.45, 7) is 2.34. The van der Waals surface area contributed by atoms with E-state index < -0.39 is 37.8 Å². The van der Waals surface area contributed by atoms with E-state index in [9.17, 15) is 26.4 Å². The number of benzene rings is 2. The van der Waals surface area contributed by atoms with Gasteiger partial charge < -0.3 is 10.1 Å². The van der Waals surface area contributed by atoms with Gasteiger partial charge in [-0.1, -0.05) is 19.4 Å². The van der Waals surface area contributed by atoms with Gasteiger partial charge in [-0.15, -0.1) is 0 Å². The molecule has 0 radical (unpaired) electrons. The third kappa shape index (κ3) is 6.86. The molecule has 0 unspecified atom stereocenters. The highest BCUT2D eigenvalue weighted by Gasteiger charge is 2.31. The van der Waals surface area contributed by atoms with Crippen molar-refractivity contribution in [2.24, 2.45) is 0 Å². The van der Waals surface area contributed by atoms with Gasteiger partial charge in [-0.2, -0.15) is 0 Å². The molecule has 1 aliphatic heterocycles. The van der Waals surface area contributed by atoms with Crippen molar-refractivity contribution < 1.29 is 31.2 Å². The maximum Gasteiger partial charge on any atom is 0.338 e. The smallest absolute Gasteiger partial charge is 0.338 e. The van der Waals surface area contributed by atoms with E-state index in [0.29, 0.717) is 17.9 Å². The highest BCUT2D eigenvalue weighted by Crippen LogP contribution is 2.18. The Morgan fingerprint density at radius 3 is 2.45 bits per heavy atom. The lowest BCUT2D eigenvalue weighted by Gasteiger charge is -2.12. The molecule has 33 heavy (non-hydrogen) atoms. The standard InChI is InChI=1S/C22H26N2O7S2/c1-2-3-12-31-22(26)16-7-9-18(10-8-16)23-21(25)17-5-4-6-20(14-17)33(29,30)24-19-11-13-32(27,28)15-19/h4-10,14,19,24H,2-3,11-13,15H2,1H3,(H,23,25)/t19-/m1/s1. The van der Waals surface area contributed by atoms with Gasteiger partial charge in [0, 0.05) is 17.3 Å². The fraction of sp³-hybridized carbons (Fsp3) is 0.364. The molecule has 178 valence electrons. The molecular formula is C22H26N2O7S2. The number of amides is 1. The first-order chi connectivity index (χ1) is 15.6. The van der Waals surface area contributed by atoms with Crippen molar-refractivity contribution in [1.82, 2.24) is 4.72 Å². The van der Waals surface area contributed by atoms with Gasteiger partial charge in [0.15, 0.2) is 9.84 Å². The van der Waals surface area contributed by atoms with Crippen LogP contribution in [-0.4, -0.2) is 52.9 Å². The maximum absolute atomic E-state index is 12.6. The van der Waals surface area contributed by atoms with E-state index >= 15 is 0 Å². The quantitative estimate of drug-likeness (QED) is 0.403. The van der Waals surface area contributed by atoms with E-state index in [-0.39, 0.29) is 28.4 Å². The largest absolute Gasteiger partial charge is 0.462 e. The maximum atomic E-state index is 12.6. The molecule has 2 aromatic rings. The van der Waals surface area contributed by atoms with E-state index in [1.807, 2.05) is 6.92 Å². The summed E-state index contributed by atoms with van der Waals surface area (Å²) in [5.41, 5.74) is 0.893. The number of nitrogens with one attached hydrogen (secondary N) is 2. The summed E-state index contributed by atoms with van der Waals surface area (Å²) in [6.07, 6.45) is 1.91. The van der Waals surface area contributed by atoms with Crippen LogP contribution in [0.3, 0.4) is 0 Å². The molecule has 0 bridgehead atoms. The second-order valence-corrected chi connectivity index (χ2v) is 11.7. The third-order valence-electron chi connectivity index (χ3n) is 5.07. The van der Waals surface area contributed by atoms with Crippen LogP contribution in [0.1, 0.15) is 46.9 Å². The Morgan fingerprint density at radius 2 is 1.82 bits per heavy atom. The van der Waals surface area contributed by atoms with Crippen molar-refractivity contribution in [3.63, 3.8) is 0 Å². The first-order valence-corrected chi connectivity index (χ1v) is 13.8. The van der Waals surface area contributed by atoms with E-state index in [2.05, 4.69) is 10.0 Å². The zero-order valence-electron chi connectivity index (χ0n) is 18.1. The van der Waals surface area contributed by atoms with Gasteiger partial charge >= 0.3 is 5.97 Å². The van der Waals surface area contributed by atoms with Crippen LogP contribution in [0.5, 0.6) is 0 Å². The third-order valence-corrected chi connectivity index (χ3v) is 8.36. The highest BCUT2D eigenvalue weighted by molar-refractivity contribution is 7.92. The first kappa shape index (κ1) is 24.9. The summed E-state index contributed by atoms with van der Waals surface area (Å²) in [4.78, 5) is 24.4. The van der Waals surface area contributed by atoms with Gasteiger partial charge in [-0.3, -0.25) is 4.79 Å².